The Balaban J connectivity index is 2.29. The van der Waals surface area contributed by atoms with Crippen LogP contribution in [0.2, 0.25) is 0 Å². The molecule has 15 heavy (non-hydrogen) atoms. The van der Waals surface area contributed by atoms with Crippen molar-refractivity contribution in [3.63, 3.8) is 0 Å². The molecule has 2 rings (SSSR count). The largest absolute Gasteiger partial charge is 0.468 e. The molecule has 2 heterocycles. The maximum Gasteiger partial charge on any atom is 0.124 e. The maximum absolute atomic E-state index is 5.87. The number of hydrogen-bond donors (Lipinski definition) is 1. The van der Waals surface area contributed by atoms with Crippen LogP contribution in [-0.4, -0.2) is 4.98 Å². The molecule has 0 unspecified atom stereocenters. The number of hydrogen-bond acceptors (Lipinski definition) is 4. The smallest absolute Gasteiger partial charge is 0.124 e. The summed E-state index contributed by atoms with van der Waals surface area (Å²) >= 11 is 1.53. The molecule has 0 aliphatic heterocycles. The van der Waals surface area contributed by atoms with Crippen molar-refractivity contribution >= 4 is 17.4 Å². The zero-order valence-electron chi connectivity index (χ0n) is 8.65. The minimum Gasteiger partial charge on any atom is -0.468 e. The van der Waals surface area contributed by atoms with Gasteiger partial charge in [-0.15, -0.1) is 0 Å². The van der Waals surface area contributed by atoms with Crippen molar-refractivity contribution < 1.29 is 4.42 Å². The molecule has 0 aromatic carbocycles. The Morgan fingerprint density at radius 1 is 1.40 bits per heavy atom. The fraction of sp³-hybridized carbons (Fsp3) is 0.182. The molecule has 0 saturated carbocycles. The summed E-state index contributed by atoms with van der Waals surface area (Å²) in [6.45, 7) is 3.90. The number of aromatic nitrogens is 1. The third-order valence-electron chi connectivity index (χ3n) is 2.03. The molecule has 0 aliphatic carbocycles. The van der Waals surface area contributed by atoms with E-state index in [1.807, 2.05) is 32.2 Å². The van der Waals surface area contributed by atoms with E-state index in [-0.39, 0.29) is 0 Å². The minimum absolute atomic E-state index is 0.709. The molecule has 0 spiro atoms. The van der Waals surface area contributed by atoms with Crippen LogP contribution in [0.5, 0.6) is 0 Å². The normalized spacial score (nSPS) is 10.5. The fourth-order valence-electron chi connectivity index (χ4n) is 1.25. The second-order valence-corrected chi connectivity index (χ2v) is 4.38. The minimum atomic E-state index is 0.709. The predicted molar refractivity (Wildman–Crippen MR) is 61.0 cm³/mol. The number of anilines is 1. The Bertz CT molecular complexity index is 479. The summed E-state index contributed by atoms with van der Waals surface area (Å²) in [6, 6.07) is 3.84. The van der Waals surface area contributed by atoms with Gasteiger partial charge in [0.05, 0.1) is 16.8 Å². The number of pyridine rings is 1. The quantitative estimate of drug-likeness (QED) is 0.845. The van der Waals surface area contributed by atoms with Crippen molar-refractivity contribution in [3.8, 4) is 0 Å². The maximum atomic E-state index is 5.87. The van der Waals surface area contributed by atoms with Crippen LogP contribution < -0.4 is 5.73 Å². The highest BCUT2D eigenvalue weighted by molar-refractivity contribution is 7.99. The molecule has 0 atom stereocenters. The fourth-order valence-corrected chi connectivity index (χ4v) is 2.05. The van der Waals surface area contributed by atoms with Crippen LogP contribution in [0.25, 0.3) is 0 Å². The van der Waals surface area contributed by atoms with Gasteiger partial charge >= 0.3 is 0 Å². The van der Waals surface area contributed by atoms with Crippen LogP contribution >= 0.6 is 11.8 Å². The van der Waals surface area contributed by atoms with Crippen molar-refractivity contribution in [2.24, 2.45) is 0 Å². The second kappa shape index (κ2) is 3.98. The van der Waals surface area contributed by atoms with Crippen LogP contribution in [0.4, 0.5) is 5.69 Å². The van der Waals surface area contributed by atoms with Crippen molar-refractivity contribution in [3.05, 3.63) is 35.9 Å². The lowest BCUT2D eigenvalue weighted by molar-refractivity contribution is 0.527. The summed E-state index contributed by atoms with van der Waals surface area (Å²) in [4.78, 5) is 5.34. The summed E-state index contributed by atoms with van der Waals surface area (Å²) in [5.41, 5.74) is 7.65. The van der Waals surface area contributed by atoms with Crippen LogP contribution in [-0.2, 0) is 0 Å². The Morgan fingerprint density at radius 3 is 2.80 bits per heavy atom. The van der Waals surface area contributed by atoms with E-state index in [9.17, 15) is 0 Å². The van der Waals surface area contributed by atoms with Gasteiger partial charge in [0, 0.05) is 6.20 Å². The molecule has 0 aliphatic rings. The van der Waals surface area contributed by atoms with Crippen molar-refractivity contribution in [1.82, 2.24) is 4.98 Å². The predicted octanol–water partition coefficient (Wildman–Crippen LogP) is 3.02. The van der Waals surface area contributed by atoms with Crippen LogP contribution in [0.15, 0.2) is 38.9 Å². The summed E-state index contributed by atoms with van der Waals surface area (Å²) in [7, 11) is 0. The van der Waals surface area contributed by atoms with Gasteiger partial charge in [-0.3, -0.25) is 0 Å². The van der Waals surface area contributed by atoms with Crippen LogP contribution in [0.3, 0.4) is 0 Å². The molecule has 0 saturated heterocycles. The summed E-state index contributed by atoms with van der Waals surface area (Å²) in [6.07, 6.45) is 3.48. The lowest BCUT2D eigenvalue weighted by Crippen LogP contribution is -1.92. The van der Waals surface area contributed by atoms with Gasteiger partial charge in [-0.1, -0.05) is 11.8 Å². The number of nitrogens with zero attached hydrogens (tertiary/aromatic N) is 1. The van der Waals surface area contributed by atoms with E-state index < -0.39 is 0 Å². The second-order valence-electron chi connectivity index (χ2n) is 3.35. The van der Waals surface area contributed by atoms with Crippen molar-refractivity contribution in [2.45, 2.75) is 23.8 Å². The standard InChI is InChI=1S/C11H12N2OS/c1-7-5-9(12)11(13-6-7)15-10-3-4-14-8(10)2/h3-6H,12H2,1-2H3. The van der Waals surface area contributed by atoms with Crippen LogP contribution in [0, 0.1) is 13.8 Å². The monoisotopic (exact) mass is 220 g/mol. The number of nitrogen functional groups attached to an aromatic ring is 1. The third-order valence-corrected chi connectivity index (χ3v) is 3.21. The Kier molecular flexibility index (Phi) is 2.68. The zero-order chi connectivity index (χ0) is 10.8. The Hall–Kier alpha value is -1.42. The molecule has 2 N–H and O–H groups in total. The molecule has 0 fully saturated rings. The average Bonchev–Trinajstić information content (AvgIpc) is 2.57. The number of rotatable bonds is 2. The molecular formula is C11H12N2OS. The van der Waals surface area contributed by atoms with Gasteiger partial charge in [-0.2, -0.15) is 0 Å². The molecule has 78 valence electrons. The first-order valence-electron chi connectivity index (χ1n) is 4.61. The zero-order valence-corrected chi connectivity index (χ0v) is 9.47. The first-order valence-corrected chi connectivity index (χ1v) is 5.42. The van der Waals surface area contributed by atoms with E-state index in [0.717, 1.165) is 21.2 Å². The third kappa shape index (κ3) is 2.15. The van der Waals surface area contributed by atoms with Gasteiger partial charge in [0.25, 0.3) is 0 Å². The summed E-state index contributed by atoms with van der Waals surface area (Å²) in [5.74, 6) is 0.891. The van der Waals surface area contributed by atoms with Gasteiger partial charge in [0.15, 0.2) is 0 Å². The van der Waals surface area contributed by atoms with Crippen molar-refractivity contribution in [2.75, 3.05) is 5.73 Å². The lowest BCUT2D eigenvalue weighted by Gasteiger charge is -2.03. The van der Waals surface area contributed by atoms with E-state index in [1.165, 1.54) is 11.8 Å². The van der Waals surface area contributed by atoms with E-state index >= 15 is 0 Å². The van der Waals surface area contributed by atoms with Crippen molar-refractivity contribution in [1.29, 1.82) is 0 Å². The molecule has 0 bridgehead atoms. The highest BCUT2D eigenvalue weighted by Gasteiger charge is 2.07. The molecule has 4 heteroatoms. The molecular weight excluding hydrogens is 208 g/mol. The highest BCUT2D eigenvalue weighted by Crippen LogP contribution is 2.32. The van der Waals surface area contributed by atoms with Gasteiger partial charge in [0.1, 0.15) is 10.8 Å². The van der Waals surface area contributed by atoms with Gasteiger partial charge in [-0.05, 0) is 31.5 Å². The van der Waals surface area contributed by atoms with Gasteiger partial charge in [-0.25, -0.2) is 4.98 Å². The van der Waals surface area contributed by atoms with Gasteiger partial charge < -0.3 is 10.2 Å². The Morgan fingerprint density at radius 2 is 2.20 bits per heavy atom. The number of nitrogens with two attached hydrogens (primary N) is 1. The van der Waals surface area contributed by atoms with E-state index in [2.05, 4.69) is 4.98 Å². The molecule has 2 aromatic heterocycles. The number of aryl methyl sites for hydroxylation is 2. The molecule has 0 radical (unpaired) electrons. The number of furan rings is 1. The topological polar surface area (TPSA) is 52.0 Å². The lowest BCUT2D eigenvalue weighted by atomic mass is 10.3. The molecule has 3 nitrogen and oxygen atoms in total. The van der Waals surface area contributed by atoms with E-state index in [0.29, 0.717) is 5.69 Å². The first-order chi connectivity index (χ1) is 7.16. The first kappa shape index (κ1) is 10.1. The highest BCUT2D eigenvalue weighted by atomic mass is 32.2. The SMILES string of the molecule is Cc1cnc(Sc2ccoc2C)c(N)c1. The van der Waals surface area contributed by atoms with Crippen LogP contribution in [0.1, 0.15) is 11.3 Å². The van der Waals surface area contributed by atoms with E-state index in [1.54, 1.807) is 6.26 Å². The molecule has 0 amide bonds. The Labute approximate surface area is 92.7 Å². The summed E-state index contributed by atoms with van der Waals surface area (Å²) < 4.78 is 5.21. The van der Waals surface area contributed by atoms with Gasteiger partial charge in [0.2, 0.25) is 0 Å². The average molecular weight is 220 g/mol. The van der Waals surface area contributed by atoms with E-state index in [4.69, 9.17) is 10.2 Å². The molecule has 2 aromatic rings. The summed E-state index contributed by atoms with van der Waals surface area (Å²) in [5, 5.41) is 0.824.